The Morgan fingerprint density at radius 3 is 3.04 bits per heavy atom. The molecule has 0 spiro atoms. The van der Waals surface area contributed by atoms with Crippen LogP contribution in [0.5, 0.6) is 5.88 Å². The van der Waals surface area contributed by atoms with Crippen molar-refractivity contribution in [1.82, 2.24) is 19.3 Å². The lowest BCUT2D eigenvalue weighted by atomic mass is 10.1. The van der Waals surface area contributed by atoms with Crippen molar-refractivity contribution in [3.63, 3.8) is 0 Å². The molecule has 0 aliphatic carbocycles. The molecule has 130 valence electrons. The maximum Gasteiger partial charge on any atom is 0.255 e. The van der Waals surface area contributed by atoms with Gasteiger partial charge in [-0.15, -0.1) is 0 Å². The lowest BCUT2D eigenvalue weighted by molar-refractivity contribution is 0.0526. The van der Waals surface area contributed by atoms with Crippen molar-refractivity contribution in [2.45, 2.75) is 18.9 Å². The molecule has 0 saturated carbocycles. The van der Waals surface area contributed by atoms with Crippen LogP contribution in [-0.4, -0.2) is 44.4 Å². The van der Waals surface area contributed by atoms with Gasteiger partial charge in [-0.1, -0.05) is 6.07 Å². The fourth-order valence-electron chi connectivity index (χ4n) is 3.22. The van der Waals surface area contributed by atoms with Crippen LogP contribution in [0.3, 0.4) is 0 Å². The van der Waals surface area contributed by atoms with E-state index < -0.39 is 0 Å². The van der Waals surface area contributed by atoms with Gasteiger partial charge in [0.25, 0.3) is 11.8 Å². The number of hydrogen-bond acceptors (Lipinski definition) is 5. The van der Waals surface area contributed by atoms with Crippen LogP contribution in [0, 0.1) is 11.3 Å². The molecule has 1 amide bonds. The fraction of sp³-hybridized carbons (Fsp3) is 0.263. The zero-order valence-corrected chi connectivity index (χ0v) is 14.1. The quantitative estimate of drug-likeness (QED) is 0.726. The van der Waals surface area contributed by atoms with Crippen LogP contribution in [0.25, 0.3) is 5.52 Å². The van der Waals surface area contributed by atoms with Gasteiger partial charge in [0.05, 0.1) is 12.1 Å². The van der Waals surface area contributed by atoms with E-state index in [2.05, 4.69) is 9.97 Å². The van der Waals surface area contributed by atoms with Gasteiger partial charge in [0.15, 0.2) is 0 Å². The van der Waals surface area contributed by atoms with E-state index in [-0.39, 0.29) is 23.6 Å². The van der Waals surface area contributed by atoms with Gasteiger partial charge < -0.3 is 14.0 Å². The number of nitriles is 1. The largest absolute Gasteiger partial charge is 0.470 e. The molecule has 1 saturated heterocycles. The summed E-state index contributed by atoms with van der Waals surface area (Å²) < 4.78 is 7.79. The van der Waals surface area contributed by atoms with E-state index in [1.807, 2.05) is 47.1 Å². The molecule has 0 bridgehead atoms. The van der Waals surface area contributed by atoms with Crippen molar-refractivity contribution >= 4 is 11.4 Å². The van der Waals surface area contributed by atoms with Crippen LogP contribution in [0.1, 0.15) is 28.9 Å². The Morgan fingerprint density at radius 2 is 2.19 bits per heavy atom. The van der Waals surface area contributed by atoms with E-state index in [4.69, 9.17) is 10.00 Å². The van der Waals surface area contributed by atoms with E-state index in [0.717, 1.165) is 18.4 Å². The van der Waals surface area contributed by atoms with Gasteiger partial charge in [-0.05, 0) is 31.0 Å². The van der Waals surface area contributed by atoms with Crippen LogP contribution < -0.4 is 4.74 Å². The van der Waals surface area contributed by atoms with Crippen LogP contribution in [-0.2, 0) is 0 Å². The summed E-state index contributed by atoms with van der Waals surface area (Å²) in [6, 6.07) is 9.72. The fourth-order valence-corrected chi connectivity index (χ4v) is 3.22. The normalized spacial score (nSPS) is 17.0. The number of piperidine rings is 1. The predicted molar refractivity (Wildman–Crippen MR) is 93.7 cm³/mol. The standard InChI is InChI=1S/C19H17N5O2/c20-11-17-18(22-7-6-21-17)26-16-5-3-9-24(13-16)19(25)14-10-15-4-1-2-8-23(15)12-14/h1-2,4,6-8,10,12,16H,3,5,9,13H2/t16-/m1/s1. The van der Waals surface area contributed by atoms with Crippen LogP contribution in [0.4, 0.5) is 0 Å². The molecule has 1 atom stereocenters. The molecule has 1 aliphatic rings. The molecule has 0 N–H and O–H groups in total. The highest BCUT2D eigenvalue weighted by molar-refractivity contribution is 5.95. The summed E-state index contributed by atoms with van der Waals surface area (Å²) in [6.45, 7) is 1.16. The van der Waals surface area contributed by atoms with Crippen molar-refractivity contribution < 1.29 is 9.53 Å². The van der Waals surface area contributed by atoms with E-state index >= 15 is 0 Å². The number of nitrogens with zero attached hydrogens (tertiary/aromatic N) is 5. The number of fused-ring (bicyclic) bond motifs is 1. The summed E-state index contributed by atoms with van der Waals surface area (Å²) in [5.41, 5.74) is 1.81. The third kappa shape index (κ3) is 3.09. The molecular weight excluding hydrogens is 330 g/mol. The summed E-state index contributed by atoms with van der Waals surface area (Å²) in [6.07, 6.45) is 8.17. The maximum atomic E-state index is 12.9. The monoisotopic (exact) mass is 347 g/mol. The van der Waals surface area contributed by atoms with Crippen molar-refractivity contribution in [3.05, 3.63) is 60.3 Å². The second-order valence-corrected chi connectivity index (χ2v) is 6.22. The average Bonchev–Trinajstić information content (AvgIpc) is 3.12. The van der Waals surface area contributed by atoms with Crippen molar-refractivity contribution in [1.29, 1.82) is 5.26 Å². The van der Waals surface area contributed by atoms with Crippen LogP contribution >= 0.6 is 0 Å². The Balaban J connectivity index is 1.49. The third-order valence-corrected chi connectivity index (χ3v) is 4.47. The highest BCUT2D eigenvalue weighted by Crippen LogP contribution is 2.21. The van der Waals surface area contributed by atoms with Crippen LogP contribution in [0.15, 0.2) is 49.1 Å². The molecule has 0 radical (unpaired) electrons. The highest BCUT2D eigenvalue weighted by Gasteiger charge is 2.27. The van der Waals surface area contributed by atoms with Gasteiger partial charge >= 0.3 is 0 Å². The zero-order valence-electron chi connectivity index (χ0n) is 14.1. The average molecular weight is 347 g/mol. The zero-order chi connectivity index (χ0) is 17.9. The van der Waals surface area contributed by atoms with Gasteiger partial charge in [-0.3, -0.25) is 4.79 Å². The van der Waals surface area contributed by atoms with Gasteiger partial charge in [-0.2, -0.15) is 5.26 Å². The SMILES string of the molecule is N#Cc1nccnc1O[C@@H]1CCCN(C(=O)c2cc3ccccn3c2)C1. The van der Waals surface area contributed by atoms with Crippen molar-refractivity contribution in [2.75, 3.05) is 13.1 Å². The lowest BCUT2D eigenvalue weighted by Crippen LogP contribution is -2.44. The van der Waals surface area contributed by atoms with E-state index in [9.17, 15) is 4.79 Å². The minimum Gasteiger partial charge on any atom is -0.470 e. The molecule has 4 rings (SSSR count). The number of ether oxygens (including phenoxy) is 1. The summed E-state index contributed by atoms with van der Waals surface area (Å²) in [5, 5.41) is 9.11. The molecule has 7 nitrogen and oxygen atoms in total. The molecule has 1 aliphatic heterocycles. The van der Waals surface area contributed by atoms with E-state index in [1.165, 1.54) is 12.4 Å². The molecule has 26 heavy (non-hydrogen) atoms. The summed E-state index contributed by atoms with van der Waals surface area (Å²) >= 11 is 0. The van der Waals surface area contributed by atoms with Gasteiger partial charge in [0, 0.05) is 36.8 Å². The molecule has 0 aromatic carbocycles. The minimum atomic E-state index is -0.200. The second kappa shape index (κ2) is 6.84. The molecule has 0 unspecified atom stereocenters. The first-order valence-electron chi connectivity index (χ1n) is 8.48. The number of aromatic nitrogens is 3. The first-order valence-corrected chi connectivity index (χ1v) is 8.48. The Kier molecular flexibility index (Phi) is 4.23. The number of amides is 1. The smallest absolute Gasteiger partial charge is 0.255 e. The van der Waals surface area contributed by atoms with Crippen molar-refractivity contribution in [2.24, 2.45) is 0 Å². The molecule has 4 heterocycles. The number of pyridine rings is 1. The Morgan fingerprint density at radius 1 is 1.31 bits per heavy atom. The minimum absolute atomic E-state index is 0.0124. The summed E-state index contributed by atoms with van der Waals surface area (Å²) in [4.78, 5) is 22.7. The Hall–Kier alpha value is -3.40. The molecule has 1 fully saturated rings. The summed E-state index contributed by atoms with van der Waals surface area (Å²) in [5.74, 6) is 0.213. The maximum absolute atomic E-state index is 12.9. The first-order chi connectivity index (χ1) is 12.7. The van der Waals surface area contributed by atoms with E-state index in [1.54, 1.807) is 4.90 Å². The molecule has 3 aromatic rings. The molecular formula is C19H17N5O2. The van der Waals surface area contributed by atoms with Crippen molar-refractivity contribution in [3.8, 4) is 11.9 Å². The molecule has 7 heteroatoms. The first kappa shape index (κ1) is 16.1. The predicted octanol–water partition coefficient (Wildman–Crippen LogP) is 2.28. The lowest BCUT2D eigenvalue weighted by Gasteiger charge is -2.32. The topological polar surface area (TPSA) is 83.5 Å². The van der Waals surface area contributed by atoms with Gasteiger partial charge in [0.2, 0.25) is 5.69 Å². The number of carbonyl (C=O) groups excluding carboxylic acids is 1. The Labute approximate surface area is 150 Å². The Bertz CT molecular complexity index is 958. The van der Waals surface area contributed by atoms with E-state index in [0.29, 0.717) is 18.7 Å². The number of hydrogen-bond donors (Lipinski definition) is 0. The van der Waals surface area contributed by atoms with Gasteiger partial charge in [-0.25, -0.2) is 9.97 Å². The third-order valence-electron chi connectivity index (χ3n) is 4.47. The summed E-state index contributed by atoms with van der Waals surface area (Å²) in [7, 11) is 0. The number of likely N-dealkylation sites (tertiary alicyclic amines) is 1. The number of rotatable bonds is 3. The number of carbonyl (C=O) groups is 1. The highest BCUT2D eigenvalue weighted by atomic mass is 16.5. The van der Waals surface area contributed by atoms with Crippen LogP contribution in [0.2, 0.25) is 0 Å². The second-order valence-electron chi connectivity index (χ2n) is 6.22. The van der Waals surface area contributed by atoms with Gasteiger partial charge in [0.1, 0.15) is 12.2 Å². The molecule has 3 aromatic heterocycles.